The van der Waals surface area contributed by atoms with E-state index in [2.05, 4.69) is 6.92 Å². The summed E-state index contributed by atoms with van der Waals surface area (Å²) < 4.78 is 103. The molecule has 0 aromatic heterocycles. The van der Waals surface area contributed by atoms with Crippen LogP contribution in [0.5, 0.6) is 0 Å². The number of fused-ring (bicyclic) bond motifs is 3. The monoisotopic (exact) mass is 528 g/mol. The number of ether oxygens (including phenoxy) is 3. The topological polar surface area (TPSA) is 27.7 Å². The third kappa shape index (κ3) is 4.68. The van der Waals surface area contributed by atoms with Gasteiger partial charge in [-0.1, -0.05) is 45.4 Å². The van der Waals surface area contributed by atoms with E-state index in [4.69, 9.17) is 14.2 Å². The third-order valence-electron chi connectivity index (χ3n) is 8.34. The van der Waals surface area contributed by atoms with Gasteiger partial charge < -0.3 is 14.2 Å². The third-order valence-corrected chi connectivity index (χ3v) is 8.34. The van der Waals surface area contributed by atoms with Crippen LogP contribution in [-0.4, -0.2) is 19.8 Å². The van der Waals surface area contributed by atoms with Crippen LogP contribution in [0.3, 0.4) is 0 Å². The molecule has 3 saturated heterocycles. The highest BCUT2D eigenvalue weighted by molar-refractivity contribution is 5.65. The van der Waals surface area contributed by atoms with E-state index in [9.17, 15) is 13.2 Å². The van der Waals surface area contributed by atoms with Gasteiger partial charge in [0.25, 0.3) is 0 Å². The molecule has 0 spiro atoms. The molecule has 1 saturated carbocycles. The lowest BCUT2D eigenvalue weighted by molar-refractivity contribution is -0.487. The van der Waals surface area contributed by atoms with E-state index in [-0.39, 0.29) is 25.7 Å². The smallest absolute Gasteiger partial charge is 0.318 e. The molecular weight excluding hydrogens is 498 g/mol. The molecule has 0 N–H and O–H groups in total. The van der Waals surface area contributed by atoms with E-state index in [1.165, 1.54) is 25.7 Å². The number of hydrogen-bond donors (Lipinski definition) is 0. The van der Waals surface area contributed by atoms with Crippen LogP contribution in [0.1, 0.15) is 63.9 Å². The predicted octanol–water partition coefficient (Wildman–Crippen LogP) is 7.75. The van der Waals surface area contributed by atoms with E-state index in [1.54, 1.807) is 0 Å². The summed E-state index contributed by atoms with van der Waals surface area (Å²) >= 11 is 0. The Morgan fingerprint density at radius 2 is 1.32 bits per heavy atom. The highest BCUT2D eigenvalue weighted by Gasteiger charge is 2.58. The summed E-state index contributed by atoms with van der Waals surface area (Å²) in [6, 6.07) is 1.50. The van der Waals surface area contributed by atoms with Crippen molar-refractivity contribution in [2.24, 2.45) is 17.3 Å². The van der Waals surface area contributed by atoms with Crippen molar-refractivity contribution in [2.45, 2.75) is 64.3 Å². The molecule has 37 heavy (non-hydrogen) atoms. The number of halogens is 6. The summed E-state index contributed by atoms with van der Waals surface area (Å²) in [5, 5.41) is 0. The van der Waals surface area contributed by atoms with Gasteiger partial charge in [-0.25, -0.2) is 26.3 Å². The summed E-state index contributed by atoms with van der Waals surface area (Å²) in [5.74, 6) is -10.8. The second-order valence-corrected chi connectivity index (χ2v) is 10.7. The summed E-state index contributed by atoms with van der Waals surface area (Å²) in [4.78, 5) is 0. The minimum Gasteiger partial charge on any atom is -0.323 e. The Kier molecular flexibility index (Phi) is 7.33. The molecule has 0 atom stereocenters. The fourth-order valence-corrected chi connectivity index (χ4v) is 6.08. The molecule has 0 radical (unpaired) electrons. The summed E-state index contributed by atoms with van der Waals surface area (Å²) in [7, 11) is 0. The zero-order valence-corrected chi connectivity index (χ0v) is 20.7. The highest BCUT2D eigenvalue weighted by Crippen LogP contribution is 2.53. The van der Waals surface area contributed by atoms with Crippen LogP contribution < -0.4 is 0 Å². The van der Waals surface area contributed by atoms with E-state index >= 15 is 13.2 Å². The van der Waals surface area contributed by atoms with Gasteiger partial charge in [-0.05, 0) is 48.4 Å². The van der Waals surface area contributed by atoms with Crippen LogP contribution in [0.25, 0.3) is 11.1 Å². The zero-order chi connectivity index (χ0) is 26.4. The highest BCUT2D eigenvalue weighted by atomic mass is 19.2. The van der Waals surface area contributed by atoms with Gasteiger partial charge >= 0.3 is 5.97 Å². The first-order chi connectivity index (χ1) is 17.7. The lowest BCUT2D eigenvalue weighted by Gasteiger charge is -2.55. The van der Waals surface area contributed by atoms with Crippen molar-refractivity contribution in [1.82, 2.24) is 0 Å². The van der Waals surface area contributed by atoms with Gasteiger partial charge in [0.05, 0.1) is 19.8 Å². The Hall–Kier alpha value is -2.10. The number of rotatable bonds is 7. The number of benzene rings is 2. The molecule has 3 heterocycles. The molecule has 2 bridgehead atoms. The first-order valence-corrected chi connectivity index (χ1v) is 12.9. The van der Waals surface area contributed by atoms with Crippen LogP contribution in [0.4, 0.5) is 26.3 Å². The van der Waals surface area contributed by atoms with E-state index in [0.717, 1.165) is 25.7 Å². The lowest BCUT2D eigenvalue weighted by Crippen LogP contribution is -2.61. The first-order valence-electron chi connectivity index (χ1n) is 12.9. The van der Waals surface area contributed by atoms with E-state index in [1.807, 2.05) is 0 Å². The van der Waals surface area contributed by atoms with Gasteiger partial charge in [0, 0.05) is 11.0 Å². The Morgan fingerprint density at radius 1 is 0.730 bits per heavy atom. The summed E-state index contributed by atoms with van der Waals surface area (Å²) in [5.41, 5.74) is -2.67. The largest absolute Gasteiger partial charge is 0.323 e. The van der Waals surface area contributed by atoms with Crippen molar-refractivity contribution in [3.05, 3.63) is 58.7 Å². The SMILES string of the molecule is CCCCCC1CCC(C23COC(c4c(F)cc(-c5cc(F)c(F)c(F)c5)c(F)c4F)(OC2)OC3)CC1. The van der Waals surface area contributed by atoms with Crippen molar-refractivity contribution >= 4 is 0 Å². The molecule has 2 aromatic rings. The van der Waals surface area contributed by atoms with E-state index in [0.29, 0.717) is 24.1 Å². The van der Waals surface area contributed by atoms with Gasteiger partial charge in [0.2, 0.25) is 0 Å². The molecule has 3 nitrogen and oxygen atoms in total. The molecule has 9 heteroatoms. The second-order valence-electron chi connectivity index (χ2n) is 10.7. The minimum absolute atomic E-state index is 0.148. The minimum atomic E-state index is -2.26. The fourth-order valence-electron chi connectivity index (χ4n) is 6.08. The molecular formula is C28H30F6O3. The fraction of sp³-hybridized carbons (Fsp3) is 0.571. The van der Waals surface area contributed by atoms with Crippen LogP contribution >= 0.6 is 0 Å². The number of hydrogen-bond acceptors (Lipinski definition) is 3. The molecule has 2 aromatic carbocycles. The van der Waals surface area contributed by atoms with Gasteiger partial charge in [0.15, 0.2) is 29.1 Å². The number of unbranched alkanes of at least 4 members (excludes halogenated alkanes) is 2. The molecule has 0 amide bonds. The van der Waals surface area contributed by atoms with Crippen molar-refractivity contribution in [3.63, 3.8) is 0 Å². The van der Waals surface area contributed by atoms with Crippen molar-refractivity contribution in [3.8, 4) is 11.1 Å². The maximum absolute atomic E-state index is 15.2. The predicted molar refractivity (Wildman–Crippen MR) is 123 cm³/mol. The average Bonchev–Trinajstić information content (AvgIpc) is 2.90. The molecule has 1 aliphatic carbocycles. The molecule has 6 rings (SSSR count). The van der Waals surface area contributed by atoms with Gasteiger partial charge in [-0.2, -0.15) is 0 Å². The second kappa shape index (κ2) is 10.2. The quantitative estimate of drug-likeness (QED) is 0.159. The molecule has 0 unspecified atom stereocenters. The van der Waals surface area contributed by atoms with E-state index < -0.39 is 63.0 Å². The van der Waals surface area contributed by atoms with Gasteiger partial charge in [-0.15, -0.1) is 0 Å². The van der Waals surface area contributed by atoms with Crippen molar-refractivity contribution < 1.29 is 40.6 Å². The van der Waals surface area contributed by atoms with Crippen molar-refractivity contribution in [2.75, 3.05) is 19.8 Å². The Labute approximate surface area is 212 Å². The summed E-state index contributed by atoms with van der Waals surface area (Å²) in [6.45, 7) is 2.63. The van der Waals surface area contributed by atoms with Crippen LogP contribution in [-0.2, 0) is 20.2 Å². The molecule has 4 aliphatic rings. The van der Waals surface area contributed by atoms with Crippen LogP contribution in [0, 0.1) is 52.2 Å². The molecule has 202 valence electrons. The Morgan fingerprint density at radius 3 is 1.89 bits per heavy atom. The van der Waals surface area contributed by atoms with Crippen LogP contribution in [0.2, 0.25) is 0 Å². The maximum atomic E-state index is 15.2. The average molecular weight is 529 g/mol. The van der Waals surface area contributed by atoms with Gasteiger partial charge in [-0.3, -0.25) is 0 Å². The van der Waals surface area contributed by atoms with Gasteiger partial charge in [0.1, 0.15) is 11.4 Å². The molecule has 3 aliphatic heterocycles. The first kappa shape index (κ1) is 26.5. The maximum Gasteiger partial charge on any atom is 0.318 e. The Balaban J connectivity index is 1.33. The van der Waals surface area contributed by atoms with Crippen LogP contribution in [0.15, 0.2) is 18.2 Å². The summed E-state index contributed by atoms with van der Waals surface area (Å²) in [6.07, 6.45) is 9.14. The lowest BCUT2D eigenvalue weighted by atomic mass is 9.66. The molecule has 4 fully saturated rings. The Bertz CT molecular complexity index is 1110. The normalized spacial score (nSPS) is 29.6. The zero-order valence-electron chi connectivity index (χ0n) is 20.7. The standard InChI is InChI=1S/C28H30F6O3/c1-2-3-4-5-16-6-8-18(9-7-16)27-13-35-28(36-14-27,37-15-27)23-20(29)12-19(24(32)26(23)34)17-10-21(30)25(33)22(31)11-17/h10-12,16,18H,2-9,13-15H2,1H3. The van der Waals surface area contributed by atoms with Crippen molar-refractivity contribution in [1.29, 1.82) is 0 Å².